The van der Waals surface area contributed by atoms with Crippen LogP contribution in [0.1, 0.15) is 0 Å². The summed E-state index contributed by atoms with van der Waals surface area (Å²) in [5.74, 6) is 0. The molecule has 0 fully saturated rings. The molecule has 1 radical (unpaired) electrons. The summed E-state index contributed by atoms with van der Waals surface area (Å²) in [4.78, 5) is 0. The van der Waals surface area contributed by atoms with E-state index in [2.05, 4.69) is 0 Å². The van der Waals surface area contributed by atoms with Gasteiger partial charge in [-0.3, -0.25) is 0 Å². The summed E-state index contributed by atoms with van der Waals surface area (Å²) >= 11 is 0. The molecule has 1 aromatic rings. The smallest absolute Gasteiger partial charge is 0.423 e. The fraction of sp³-hybridized carbons (Fsp3) is 0. The fourth-order valence-corrected chi connectivity index (χ4v) is 0.720. The SMILES string of the molecule is Nc1cccc(B(O)O)c1.[Na]. The second kappa shape index (κ2) is 4.80. The maximum atomic E-state index is 8.65. The molecule has 0 atom stereocenters. The predicted molar refractivity (Wildman–Crippen MR) is 46.4 cm³/mol. The third-order valence-corrected chi connectivity index (χ3v) is 1.21. The zero-order valence-electron chi connectivity index (χ0n) is 6.36. The quantitative estimate of drug-likeness (QED) is 0.348. The normalized spacial score (nSPS) is 8.55. The van der Waals surface area contributed by atoms with Crippen LogP contribution in [0.5, 0.6) is 0 Å². The standard InChI is InChI=1S/C6H8BNO2.Na/c8-6-3-1-2-5(4-6)7(9)10;/h1-4,9-10H,8H2;. The molecule has 0 amide bonds. The molecule has 11 heavy (non-hydrogen) atoms. The van der Waals surface area contributed by atoms with Gasteiger partial charge in [-0.25, -0.2) is 0 Å². The van der Waals surface area contributed by atoms with Gasteiger partial charge in [0.2, 0.25) is 0 Å². The summed E-state index contributed by atoms with van der Waals surface area (Å²) in [6.45, 7) is 0. The van der Waals surface area contributed by atoms with Crippen molar-refractivity contribution < 1.29 is 10.0 Å². The van der Waals surface area contributed by atoms with E-state index in [4.69, 9.17) is 15.8 Å². The van der Waals surface area contributed by atoms with E-state index in [1.807, 2.05) is 0 Å². The third-order valence-electron chi connectivity index (χ3n) is 1.21. The Kier molecular flexibility index (Phi) is 4.80. The van der Waals surface area contributed by atoms with Crippen molar-refractivity contribution in [3.05, 3.63) is 24.3 Å². The van der Waals surface area contributed by atoms with Gasteiger partial charge in [0.1, 0.15) is 0 Å². The first-order valence-corrected chi connectivity index (χ1v) is 2.92. The molecule has 0 unspecified atom stereocenters. The van der Waals surface area contributed by atoms with Gasteiger partial charge >= 0.3 is 7.12 Å². The molecule has 0 aliphatic carbocycles. The molecule has 53 valence electrons. The first kappa shape index (κ1) is 11.0. The van der Waals surface area contributed by atoms with E-state index in [-0.39, 0.29) is 29.6 Å². The molecule has 0 aliphatic rings. The van der Waals surface area contributed by atoms with Gasteiger partial charge in [-0.05, 0) is 17.6 Å². The number of hydrogen-bond acceptors (Lipinski definition) is 3. The molecule has 0 saturated heterocycles. The van der Waals surface area contributed by atoms with Crippen molar-refractivity contribution in [2.75, 3.05) is 5.73 Å². The van der Waals surface area contributed by atoms with E-state index in [1.165, 1.54) is 6.07 Å². The van der Waals surface area contributed by atoms with Crippen molar-refractivity contribution in [2.45, 2.75) is 0 Å². The Morgan fingerprint density at radius 3 is 2.27 bits per heavy atom. The van der Waals surface area contributed by atoms with Crippen LogP contribution in [0.2, 0.25) is 0 Å². The van der Waals surface area contributed by atoms with Gasteiger partial charge in [0.15, 0.2) is 0 Å². The fourth-order valence-electron chi connectivity index (χ4n) is 0.720. The molecule has 1 aromatic carbocycles. The van der Waals surface area contributed by atoms with Gasteiger partial charge in [-0.15, -0.1) is 0 Å². The van der Waals surface area contributed by atoms with Crippen LogP contribution in [0.25, 0.3) is 0 Å². The average Bonchev–Trinajstić information content (AvgIpc) is 1.88. The number of rotatable bonds is 1. The molecular weight excluding hydrogens is 152 g/mol. The second-order valence-electron chi connectivity index (χ2n) is 2.04. The maximum Gasteiger partial charge on any atom is 0.488 e. The van der Waals surface area contributed by atoms with Crippen molar-refractivity contribution in [1.29, 1.82) is 0 Å². The second-order valence-corrected chi connectivity index (χ2v) is 2.04. The van der Waals surface area contributed by atoms with Crippen LogP contribution in [0.3, 0.4) is 0 Å². The van der Waals surface area contributed by atoms with Crippen molar-refractivity contribution >= 4 is 47.8 Å². The molecule has 4 N–H and O–H groups in total. The molecule has 1 rings (SSSR count). The molecule has 0 saturated carbocycles. The Morgan fingerprint density at radius 2 is 1.91 bits per heavy atom. The summed E-state index contributed by atoms with van der Waals surface area (Å²) < 4.78 is 0. The largest absolute Gasteiger partial charge is 0.488 e. The Morgan fingerprint density at radius 1 is 1.27 bits per heavy atom. The number of benzene rings is 1. The van der Waals surface area contributed by atoms with E-state index in [1.54, 1.807) is 18.2 Å². The Hall–Kier alpha value is 0.00494. The van der Waals surface area contributed by atoms with Crippen LogP contribution in [-0.4, -0.2) is 46.7 Å². The summed E-state index contributed by atoms with van der Waals surface area (Å²) in [6, 6.07) is 6.47. The molecule has 0 heterocycles. The number of hydrogen-bond donors (Lipinski definition) is 3. The molecular formula is C6H8BNNaO2. The minimum Gasteiger partial charge on any atom is -0.423 e. The Balaban J connectivity index is 0.000001000. The van der Waals surface area contributed by atoms with E-state index >= 15 is 0 Å². The van der Waals surface area contributed by atoms with E-state index in [0.717, 1.165) is 0 Å². The topological polar surface area (TPSA) is 66.5 Å². The van der Waals surface area contributed by atoms with Crippen LogP contribution in [-0.2, 0) is 0 Å². The number of anilines is 1. The molecule has 0 spiro atoms. The van der Waals surface area contributed by atoms with E-state index < -0.39 is 7.12 Å². The molecule has 3 nitrogen and oxygen atoms in total. The van der Waals surface area contributed by atoms with Crippen LogP contribution in [0.4, 0.5) is 5.69 Å². The molecule has 0 aliphatic heterocycles. The van der Waals surface area contributed by atoms with Crippen LogP contribution in [0.15, 0.2) is 24.3 Å². The van der Waals surface area contributed by atoms with E-state index in [0.29, 0.717) is 11.2 Å². The van der Waals surface area contributed by atoms with Gasteiger partial charge in [0.05, 0.1) is 0 Å². The molecule has 0 bridgehead atoms. The van der Waals surface area contributed by atoms with Crippen LogP contribution in [0, 0.1) is 0 Å². The zero-order valence-corrected chi connectivity index (χ0v) is 8.36. The predicted octanol–water partition coefficient (Wildman–Crippen LogP) is -1.43. The number of nitrogens with two attached hydrogens (primary N) is 1. The summed E-state index contributed by atoms with van der Waals surface area (Å²) in [5, 5.41) is 17.3. The Labute approximate surface area is 87.7 Å². The first-order chi connectivity index (χ1) is 4.70. The van der Waals surface area contributed by atoms with Gasteiger partial charge in [0, 0.05) is 35.2 Å². The minimum absolute atomic E-state index is 0. The molecule has 5 heteroatoms. The summed E-state index contributed by atoms with van der Waals surface area (Å²) in [5.41, 5.74) is 6.32. The van der Waals surface area contributed by atoms with Gasteiger partial charge < -0.3 is 15.8 Å². The van der Waals surface area contributed by atoms with Crippen molar-refractivity contribution in [1.82, 2.24) is 0 Å². The Bertz CT molecular complexity index is 232. The van der Waals surface area contributed by atoms with Crippen molar-refractivity contribution in [3.63, 3.8) is 0 Å². The van der Waals surface area contributed by atoms with Crippen molar-refractivity contribution in [2.24, 2.45) is 0 Å². The average molecular weight is 160 g/mol. The van der Waals surface area contributed by atoms with Gasteiger partial charge in [-0.1, -0.05) is 12.1 Å². The maximum absolute atomic E-state index is 8.65. The van der Waals surface area contributed by atoms with Crippen LogP contribution >= 0.6 is 0 Å². The summed E-state index contributed by atoms with van der Waals surface area (Å²) in [7, 11) is -1.43. The van der Waals surface area contributed by atoms with E-state index in [9.17, 15) is 0 Å². The van der Waals surface area contributed by atoms with Gasteiger partial charge in [-0.2, -0.15) is 0 Å². The molecule has 0 aromatic heterocycles. The first-order valence-electron chi connectivity index (χ1n) is 2.92. The monoisotopic (exact) mass is 160 g/mol. The van der Waals surface area contributed by atoms with Crippen molar-refractivity contribution in [3.8, 4) is 0 Å². The van der Waals surface area contributed by atoms with Crippen LogP contribution < -0.4 is 11.2 Å². The third kappa shape index (κ3) is 3.27. The minimum atomic E-state index is -1.43. The zero-order chi connectivity index (χ0) is 7.56. The van der Waals surface area contributed by atoms with Gasteiger partial charge in [0.25, 0.3) is 0 Å². The number of nitrogen functional groups attached to an aromatic ring is 1. The summed E-state index contributed by atoms with van der Waals surface area (Å²) in [6.07, 6.45) is 0.